The predicted molar refractivity (Wildman–Crippen MR) is 101 cm³/mol. The lowest BCUT2D eigenvalue weighted by molar-refractivity contribution is -0.135. The lowest BCUT2D eigenvalue weighted by atomic mass is 9.71. The second-order valence-electron chi connectivity index (χ2n) is 7.68. The van der Waals surface area contributed by atoms with Crippen molar-refractivity contribution in [2.75, 3.05) is 19.7 Å². The highest BCUT2D eigenvalue weighted by Crippen LogP contribution is 2.40. The van der Waals surface area contributed by atoms with Gasteiger partial charge >= 0.3 is 0 Å². The third kappa shape index (κ3) is 3.04. The Morgan fingerprint density at radius 3 is 2.85 bits per heavy atom. The summed E-state index contributed by atoms with van der Waals surface area (Å²) in [6, 6.07) is 5.45. The van der Waals surface area contributed by atoms with Gasteiger partial charge in [0.2, 0.25) is 5.82 Å². The molecule has 142 valence electrons. The van der Waals surface area contributed by atoms with Gasteiger partial charge in [-0.3, -0.25) is 9.59 Å². The quantitative estimate of drug-likeness (QED) is 0.684. The van der Waals surface area contributed by atoms with Gasteiger partial charge in [-0.2, -0.15) is 0 Å². The number of carbonyl (C=O) groups is 2. The molecule has 8 nitrogen and oxygen atoms in total. The van der Waals surface area contributed by atoms with E-state index in [1.807, 2.05) is 26.0 Å². The zero-order valence-electron chi connectivity index (χ0n) is 15.1. The van der Waals surface area contributed by atoms with Crippen molar-refractivity contribution in [3.05, 3.63) is 40.4 Å². The lowest BCUT2D eigenvalue weighted by Crippen LogP contribution is -2.57. The maximum atomic E-state index is 13.0. The van der Waals surface area contributed by atoms with E-state index in [2.05, 4.69) is 26.0 Å². The first-order valence-corrected chi connectivity index (χ1v) is 9.48. The van der Waals surface area contributed by atoms with Gasteiger partial charge in [0.1, 0.15) is 10.2 Å². The van der Waals surface area contributed by atoms with Crippen LogP contribution in [0.5, 0.6) is 0 Å². The third-order valence-corrected chi connectivity index (χ3v) is 5.64. The number of rotatable bonds is 1. The number of nitrogens with zero attached hydrogens (tertiary/aromatic N) is 4. The molecule has 27 heavy (non-hydrogen) atoms. The van der Waals surface area contributed by atoms with E-state index in [-0.39, 0.29) is 23.2 Å². The fourth-order valence-electron chi connectivity index (χ4n) is 3.90. The van der Waals surface area contributed by atoms with Gasteiger partial charge in [-0.1, -0.05) is 19.9 Å². The van der Waals surface area contributed by atoms with Gasteiger partial charge in [0, 0.05) is 12.0 Å². The van der Waals surface area contributed by atoms with E-state index in [4.69, 9.17) is 10.5 Å². The van der Waals surface area contributed by atoms with Gasteiger partial charge < -0.3 is 15.4 Å². The second kappa shape index (κ2) is 6.13. The summed E-state index contributed by atoms with van der Waals surface area (Å²) in [5.41, 5.74) is 5.32. The van der Waals surface area contributed by atoms with E-state index in [9.17, 15) is 9.59 Å². The number of aromatic nitrogens is 3. The highest BCUT2D eigenvalue weighted by atomic mass is 79.9. The zero-order valence-corrected chi connectivity index (χ0v) is 16.7. The molecule has 9 heteroatoms. The van der Waals surface area contributed by atoms with Crippen LogP contribution < -0.4 is 5.73 Å². The maximum Gasteiger partial charge on any atom is 0.293 e. The molecule has 1 aliphatic heterocycles. The van der Waals surface area contributed by atoms with Crippen LogP contribution in [0.3, 0.4) is 0 Å². The van der Waals surface area contributed by atoms with Crippen molar-refractivity contribution in [1.82, 2.24) is 19.5 Å². The standard InChI is InChI=1S/C18H20BrN5O3/c1-17(2)9-18(8-11(20)14(17)25)10-23(6-7-27-18)16(26)15-21-13-5-3-4-12(19)24(13)22-15/h3-5,8H,6-7,9-10,20H2,1-2H3. The molecular formula is C18H20BrN5O3. The van der Waals surface area contributed by atoms with Crippen LogP contribution in [0.4, 0.5) is 0 Å². The summed E-state index contributed by atoms with van der Waals surface area (Å²) in [7, 11) is 0. The van der Waals surface area contributed by atoms with Crippen molar-refractivity contribution in [1.29, 1.82) is 0 Å². The monoisotopic (exact) mass is 433 g/mol. The van der Waals surface area contributed by atoms with Crippen LogP contribution in [0.15, 0.2) is 34.6 Å². The number of hydrogen-bond donors (Lipinski definition) is 1. The summed E-state index contributed by atoms with van der Waals surface area (Å²) in [6.07, 6.45) is 2.13. The zero-order chi connectivity index (χ0) is 19.4. The minimum Gasteiger partial charge on any atom is -0.396 e. The predicted octanol–water partition coefficient (Wildman–Crippen LogP) is 1.54. The van der Waals surface area contributed by atoms with Crippen molar-refractivity contribution >= 4 is 33.3 Å². The average molecular weight is 434 g/mol. The molecular weight excluding hydrogens is 414 g/mol. The minimum atomic E-state index is -0.769. The minimum absolute atomic E-state index is 0.0907. The maximum absolute atomic E-state index is 13.0. The first kappa shape index (κ1) is 18.1. The summed E-state index contributed by atoms with van der Waals surface area (Å²) in [4.78, 5) is 31.3. The molecule has 2 N–H and O–H groups in total. The summed E-state index contributed by atoms with van der Waals surface area (Å²) in [5.74, 6) is -0.232. The van der Waals surface area contributed by atoms with E-state index in [0.29, 0.717) is 36.4 Å². The first-order valence-electron chi connectivity index (χ1n) is 8.68. The number of amides is 1. The van der Waals surface area contributed by atoms with Crippen LogP contribution in [0.25, 0.3) is 5.65 Å². The SMILES string of the molecule is CC1(C)CC2(C=C(N)C1=O)CN(C(=O)c1nc3cccc(Br)n3n1)CCO2. The number of morpholine rings is 1. The Bertz CT molecular complexity index is 983. The van der Waals surface area contributed by atoms with Crippen molar-refractivity contribution in [3.8, 4) is 0 Å². The Hall–Kier alpha value is -2.26. The summed E-state index contributed by atoms with van der Waals surface area (Å²) in [6.45, 7) is 4.79. The average Bonchev–Trinajstić information content (AvgIpc) is 3.04. The van der Waals surface area contributed by atoms with Crippen LogP contribution in [0.1, 0.15) is 30.9 Å². The van der Waals surface area contributed by atoms with E-state index >= 15 is 0 Å². The molecule has 2 aromatic rings. The van der Waals surface area contributed by atoms with E-state index in [1.165, 1.54) is 0 Å². The number of ketones is 1. The molecule has 2 aromatic heterocycles. The van der Waals surface area contributed by atoms with Crippen molar-refractivity contribution in [3.63, 3.8) is 0 Å². The molecule has 3 heterocycles. The van der Waals surface area contributed by atoms with Gasteiger partial charge in [0.05, 0.1) is 18.8 Å². The van der Waals surface area contributed by atoms with Gasteiger partial charge in [-0.25, -0.2) is 9.50 Å². The van der Waals surface area contributed by atoms with E-state index < -0.39 is 11.0 Å². The van der Waals surface area contributed by atoms with Crippen molar-refractivity contribution < 1.29 is 14.3 Å². The van der Waals surface area contributed by atoms with Crippen LogP contribution in [0, 0.1) is 5.41 Å². The first-order chi connectivity index (χ1) is 12.7. The fourth-order valence-corrected chi connectivity index (χ4v) is 4.31. The smallest absolute Gasteiger partial charge is 0.293 e. The molecule has 1 aliphatic carbocycles. The molecule has 0 saturated carbocycles. The molecule has 1 unspecified atom stereocenters. The number of fused-ring (bicyclic) bond motifs is 1. The molecule has 1 spiro atoms. The lowest BCUT2D eigenvalue weighted by Gasteiger charge is -2.46. The third-order valence-electron chi connectivity index (χ3n) is 5.04. The number of ether oxygens (including phenoxy) is 1. The molecule has 0 radical (unpaired) electrons. The van der Waals surface area contributed by atoms with Crippen LogP contribution >= 0.6 is 15.9 Å². The molecule has 4 rings (SSSR count). The van der Waals surface area contributed by atoms with Crippen LogP contribution in [-0.4, -0.2) is 56.5 Å². The molecule has 0 bridgehead atoms. The number of allylic oxidation sites excluding steroid dienone is 1. The largest absolute Gasteiger partial charge is 0.396 e. The number of Topliss-reactive ketones (excluding diaryl/α,β-unsaturated/α-hetero) is 1. The van der Waals surface area contributed by atoms with Gasteiger partial charge in [0.15, 0.2) is 11.4 Å². The Labute approximate surface area is 164 Å². The van der Waals surface area contributed by atoms with Gasteiger partial charge in [-0.05, 0) is 40.6 Å². The van der Waals surface area contributed by atoms with Crippen molar-refractivity contribution in [2.45, 2.75) is 25.9 Å². The van der Waals surface area contributed by atoms with E-state index in [0.717, 1.165) is 0 Å². The number of carbonyl (C=O) groups excluding carboxylic acids is 2. The van der Waals surface area contributed by atoms with Crippen LogP contribution in [-0.2, 0) is 9.53 Å². The number of pyridine rings is 1. The summed E-state index contributed by atoms with van der Waals surface area (Å²) >= 11 is 3.40. The Morgan fingerprint density at radius 2 is 2.15 bits per heavy atom. The Morgan fingerprint density at radius 1 is 1.37 bits per heavy atom. The molecule has 1 fully saturated rings. The number of halogens is 1. The number of hydrogen-bond acceptors (Lipinski definition) is 6. The fraction of sp³-hybridized carbons (Fsp3) is 0.444. The van der Waals surface area contributed by atoms with Crippen LogP contribution in [0.2, 0.25) is 0 Å². The Balaban J connectivity index is 1.64. The molecule has 0 aromatic carbocycles. The normalized spacial score (nSPS) is 25.1. The van der Waals surface area contributed by atoms with Gasteiger partial charge in [-0.15, -0.1) is 5.10 Å². The highest BCUT2D eigenvalue weighted by Gasteiger charge is 2.48. The topological polar surface area (TPSA) is 103 Å². The molecule has 2 aliphatic rings. The molecule has 1 saturated heterocycles. The highest BCUT2D eigenvalue weighted by molar-refractivity contribution is 9.10. The molecule has 1 atom stereocenters. The second-order valence-corrected chi connectivity index (χ2v) is 8.50. The van der Waals surface area contributed by atoms with E-state index in [1.54, 1.807) is 21.6 Å². The van der Waals surface area contributed by atoms with Crippen molar-refractivity contribution in [2.24, 2.45) is 11.1 Å². The summed E-state index contributed by atoms with van der Waals surface area (Å²) in [5, 5.41) is 4.31. The summed E-state index contributed by atoms with van der Waals surface area (Å²) < 4.78 is 8.29. The number of nitrogens with two attached hydrogens (primary N) is 1. The van der Waals surface area contributed by atoms with Gasteiger partial charge in [0.25, 0.3) is 5.91 Å². The Kier molecular flexibility index (Phi) is 4.12. The molecule has 1 amide bonds.